The van der Waals surface area contributed by atoms with Gasteiger partial charge in [0.15, 0.2) is 0 Å². The number of primary sulfonamides is 1. The first-order valence-electron chi connectivity index (χ1n) is 9.02. The van der Waals surface area contributed by atoms with Crippen LogP contribution < -0.4 is 9.88 Å². The summed E-state index contributed by atoms with van der Waals surface area (Å²) in [7, 11) is -3.67. The normalized spacial score (nSPS) is 20.2. The predicted molar refractivity (Wildman–Crippen MR) is 106 cm³/mol. The molecule has 0 unspecified atom stereocenters. The van der Waals surface area contributed by atoms with Crippen LogP contribution in [-0.2, 0) is 10.0 Å². The molecule has 2 aromatic rings. The van der Waals surface area contributed by atoms with Crippen LogP contribution in [0, 0.1) is 17.2 Å². The first-order valence-corrected chi connectivity index (χ1v) is 10.6. The van der Waals surface area contributed by atoms with Crippen molar-refractivity contribution in [3.05, 3.63) is 54.1 Å². The highest BCUT2D eigenvalue weighted by atomic mass is 32.2. The van der Waals surface area contributed by atoms with Gasteiger partial charge in [0, 0.05) is 5.92 Å². The molecule has 2 N–H and O–H groups in total. The molecule has 0 bridgehead atoms. The zero-order valence-corrected chi connectivity index (χ0v) is 16.4. The van der Waals surface area contributed by atoms with Gasteiger partial charge in [-0.15, -0.1) is 0 Å². The Morgan fingerprint density at radius 3 is 2.41 bits per heavy atom. The third-order valence-electron chi connectivity index (χ3n) is 5.58. The van der Waals surface area contributed by atoms with Gasteiger partial charge in [-0.25, -0.2) is 13.6 Å². The Bertz CT molecular complexity index is 960. The molecular weight excluding hydrogens is 360 g/mol. The summed E-state index contributed by atoms with van der Waals surface area (Å²) in [6.07, 6.45) is 2.32. The molecular formula is C21H24N2O3S. The van der Waals surface area contributed by atoms with E-state index in [0.717, 1.165) is 30.4 Å². The van der Waals surface area contributed by atoms with Crippen LogP contribution in [0.3, 0.4) is 0 Å². The molecule has 6 heteroatoms. The fourth-order valence-corrected chi connectivity index (χ4v) is 4.49. The van der Waals surface area contributed by atoms with E-state index in [1.54, 1.807) is 19.9 Å². The standard InChI is InChI=1S/C21H24N2O3S/c1-21(2,27(23,24)25)19-8-5-9-20(19)26-17-12-10-15(11-13-17)18-7-4-3-6-16(18)14-22/h3-4,6-7,10-13,19-20H,5,8-9H2,1-2H3,(H2,23,24,25)/t19-,20+/m0/s1. The van der Waals surface area contributed by atoms with E-state index in [9.17, 15) is 13.7 Å². The molecule has 1 saturated carbocycles. The van der Waals surface area contributed by atoms with Gasteiger partial charge in [0.2, 0.25) is 10.0 Å². The first-order chi connectivity index (χ1) is 12.7. The second kappa shape index (κ2) is 7.34. The van der Waals surface area contributed by atoms with Crippen molar-refractivity contribution in [1.82, 2.24) is 0 Å². The summed E-state index contributed by atoms with van der Waals surface area (Å²) in [5.74, 6) is 0.543. The van der Waals surface area contributed by atoms with E-state index < -0.39 is 14.8 Å². The molecule has 142 valence electrons. The van der Waals surface area contributed by atoms with Gasteiger partial charge in [-0.05, 0) is 62.4 Å². The van der Waals surface area contributed by atoms with Crippen molar-refractivity contribution >= 4 is 10.0 Å². The predicted octanol–water partition coefficient (Wildman–Crippen LogP) is 3.84. The van der Waals surface area contributed by atoms with Crippen molar-refractivity contribution in [3.8, 4) is 22.9 Å². The number of benzene rings is 2. The van der Waals surface area contributed by atoms with E-state index in [1.807, 2.05) is 42.5 Å². The number of hydrogen-bond donors (Lipinski definition) is 1. The molecule has 0 spiro atoms. The molecule has 3 rings (SSSR count). The number of sulfonamides is 1. The van der Waals surface area contributed by atoms with Gasteiger partial charge < -0.3 is 4.74 Å². The second-order valence-electron chi connectivity index (χ2n) is 7.52. The van der Waals surface area contributed by atoms with E-state index in [4.69, 9.17) is 9.88 Å². The van der Waals surface area contributed by atoms with Gasteiger partial charge in [-0.3, -0.25) is 0 Å². The summed E-state index contributed by atoms with van der Waals surface area (Å²) in [6, 6.07) is 17.2. The zero-order chi connectivity index (χ0) is 19.7. The average Bonchev–Trinajstić information content (AvgIpc) is 3.10. The lowest BCUT2D eigenvalue weighted by molar-refractivity contribution is 0.138. The summed E-state index contributed by atoms with van der Waals surface area (Å²) < 4.78 is 29.1. The van der Waals surface area contributed by atoms with Gasteiger partial charge in [-0.2, -0.15) is 5.26 Å². The van der Waals surface area contributed by atoms with E-state index in [1.165, 1.54) is 0 Å². The summed E-state index contributed by atoms with van der Waals surface area (Å²) in [5.41, 5.74) is 2.44. The minimum Gasteiger partial charge on any atom is -0.490 e. The second-order valence-corrected chi connectivity index (χ2v) is 9.67. The lowest BCUT2D eigenvalue weighted by Gasteiger charge is -2.33. The van der Waals surface area contributed by atoms with E-state index >= 15 is 0 Å². The topological polar surface area (TPSA) is 93.2 Å². The van der Waals surface area contributed by atoms with Crippen molar-refractivity contribution in [2.75, 3.05) is 0 Å². The van der Waals surface area contributed by atoms with E-state index in [0.29, 0.717) is 11.3 Å². The third-order valence-corrected chi connectivity index (χ3v) is 7.35. The van der Waals surface area contributed by atoms with Crippen molar-refractivity contribution in [1.29, 1.82) is 5.26 Å². The fourth-order valence-electron chi connectivity index (χ4n) is 3.79. The lowest BCUT2D eigenvalue weighted by atomic mass is 9.91. The number of nitrogens with two attached hydrogens (primary N) is 1. The van der Waals surface area contributed by atoms with Gasteiger partial charge in [-0.1, -0.05) is 30.3 Å². The summed E-state index contributed by atoms with van der Waals surface area (Å²) in [5, 5.41) is 14.7. The van der Waals surface area contributed by atoms with Crippen molar-refractivity contribution in [2.24, 2.45) is 11.1 Å². The molecule has 0 saturated heterocycles. The Kier molecular flexibility index (Phi) is 5.27. The summed E-state index contributed by atoms with van der Waals surface area (Å²) in [4.78, 5) is 0. The zero-order valence-electron chi connectivity index (χ0n) is 15.6. The highest BCUT2D eigenvalue weighted by molar-refractivity contribution is 7.90. The summed E-state index contributed by atoms with van der Waals surface area (Å²) >= 11 is 0. The molecule has 1 fully saturated rings. The number of nitrogens with zero attached hydrogens (tertiary/aromatic N) is 1. The van der Waals surface area contributed by atoms with Gasteiger partial charge in [0.25, 0.3) is 0 Å². The van der Waals surface area contributed by atoms with Gasteiger partial charge in [0.1, 0.15) is 11.9 Å². The molecule has 0 amide bonds. The Morgan fingerprint density at radius 1 is 1.11 bits per heavy atom. The molecule has 1 aliphatic rings. The number of rotatable bonds is 5. The van der Waals surface area contributed by atoms with Crippen LogP contribution >= 0.6 is 0 Å². The van der Waals surface area contributed by atoms with E-state index in [2.05, 4.69) is 6.07 Å². The van der Waals surface area contributed by atoms with Crippen molar-refractivity contribution in [3.63, 3.8) is 0 Å². The van der Waals surface area contributed by atoms with Gasteiger partial charge >= 0.3 is 0 Å². The van der Waals surface area contributed by atoms with Crippen LogP contribution in [0.25, 0.3) is 11.1 Å². The maximum absolute atomic E-state index is 12.0. The van der Waals surface area contributed by atoms with E-state index in [-0.39, 0.29) is 12.0 Å². The molecule has 0 aliphatic heterocycles. The monoisotopic (exact) mass is 384 g/mol. The van der Waals surface area contributed by atoms with Gasteiger partial charge in [0.05, 0.1) is 16.4 Å². The van der Waals surface area contributed by atoms with Crippen LogP contribution in [0.15, 0.2) is 48.5 Å². The maximum Gasteiger partial charge on any atom is 0.214 e. The minimum absolute atomic E-state index is 0.147. The Morgan fingerprint density at radius 2 is 1.78 bits per heavy atom. The van der Waals surface area contributed by atoms with Crippen LogP contribution in [0.4, 0.5) is 0 Å². The highest BCUT2D eigenvalue weighted by Crippen LogP contribution is 2.40. The molecule has 27 heavy (non-hydrogen) atoms. The van der Waals surface area contributed by atoms with Crippen LogP contribution in [-0.4, -0.2) is 19.3 Å². The minimum atomic E-state index is -3.67. The average molecular weight is 385 g/mol. The Labute approximate surface area is 160 Å². The SMILES string of the molecule is CC(C)([C@H]1CCC[C@H]1Oc1ccc(-c2ccccc2C#N)cc1)S(N)(=O)=O. The molecule has 1 aliphatic carbocycles. The number of ether oxygens (including phenoxy) is 1. The van der Waals surface area contributed by atoms with Crippen molar-refractivity contribution < 1.29 is 13.2 Å². The quantitative estimate of drug-likeness (QED) is 0.847. The molecule has 0 heterocycles. The van der Waals surface area contributed by atoms with Crippen LogP contribution in [0.5, 0.6) is 5.75 Å². The third kappa shape index (κ3) is 3.85. The van der Waals surface area contributed by atoms with Crippen molar-refractivity contribution in [2.45, 2.75) is 44.0 Å². The first kappa shape index (κ1) is 19.4. The molecule has 0 radical (unpaired) electrons. The smallest absolute Gasteiger partial charge is 0.214 e. The Balaban J connectivity index is 1.80. The number of hydrogen-bond acceptors (Lipinski definition) is 4. The fraction of sp³-hybridized carbons (Fsp3) is 0.381. The van der Waals surface area contributed by atoms with Crippen LogP contribution in [0.1, 0.15) is 38.7 Å². The van der Waals surface area contributed by atoms with Crippen LogP contribution in [0.2, 0.25) is 0 Å². The lowest BCUT2D eigenvalue weighted by Crippen LogP contribution is -2.48. The number of nitriles is 1. The Hall–Kier alpha value is -2.36. The highest BCUT2D eigenvalue weighted by Gasteiger charge is 2.47. The molecule has 5 nitrogen and oxygen atoms in total. The largest absolute Gasteiger partial charge is 0.490 e. The maximum atomic E-state index is 12.0. The molecule has 2 aromatic carbocycles. The molecule has 2 atom stereocenters. The molecule has 0 aromatic heterocycles. The summed E-state index contributed by atoms with van der Waals surface area (Å²) in [6.45, 7) is 3.35.